The lowest BCUT2D eigenvalue weighted by Gasteiger charge is -2.09. The number of thioether (sulfide) groups is 1. The third-order valence-corrected chi connectivity index (χ3v) is 6.27. The minimum Gasteiger partial charge on any atom is -0.467 e. The van der Waals surface area contributed by atoms with Gasteiger partial charge in [0.2, 0.25) is 0 Å². The summed E-state index contributed by atoms with van der Waals surface area (Å²) in [4.78, 5) is 26.3. The number of carbonyl (C=O) groups is 2. The van der Waals surface area contributed by atoms with E-state index in [-0.39, 0.29) is 21.6 Å². The van der Waals surface area contributed by atoms with Crippen molar-refractivity contribution in [3.8, 4) is 11.3 Å². The maximum atomic E-state index is 12.5. The van der Waals surface area contributed by atoms with Gasteiger partial charge in [-0.3, -0.25) is 14.5 Å². The molecular weight excluding hydrogens is 414 g/mol. The number of benzene rings is 1. The van der Waals surface area contributed by atoms with Crippen molar-refractivity contribution in [3.63, 3.8) is 0 Å². The molecule has 0 aliphatic carbocycles. The summed E-state index contributed by atoms with van der Waals surface area (Å²) in [6.45, 7) is 0.0745. The highest BCUT2D eigenvalue weighted by Crippen LogP contribution is 2.34. The number of nitrogens with zero attached hydrogens (tertiary/aromatic N) is 1. The molecule has 3 heterocycles. The van der Waals surface area contributed by atoms with E-state index >= 15 is 0 Å². The zero-order chi connectivity index (χ0) is 20.6. The van der Waals surface area contributed by atoms with Crippen molar-refractivity contribution in [2.45, 2.75) is 11.4 Å². The van der Waals surface area contributed by atoms with Crippen LogP contribution in [0.4, 0.5) is 4.79 Å². The highest BCUT2D eigenvalue weighted by Gasteiger charge is 2.35. The second kappa shape index (κ2) is 7.41. The van der Waals surface area contributed by atoms with Crippen LogP contribution < -0.4 is 0 Å². The Morgan fingerprint density at radius 3 is 2.48 bits per heavy atom. The second-order valence-electron chi connectivity index (χ2n) is 6.35. The van der Waals surface area contributed by atoms with Gasteiger partial charge in [0, 0.05) is 17.9 Å². The van der Waals surface area contributed by atoms with Gasteiger partial charge in [-0.25, -0.2) is 8.42 Å². The van der Waals surface area contributed by atoms with Crippen LogP contribution in [-0.4, -0.2) is 30.7 Å². The molecule has 1 aliphatic rings. The first kappa shape index (κ1) is 19.3. The van der Waals surface area contributed by atoms with Crippen molar-refractivity contribution in [1.82, 2.24) is 4.90 Å². The number of rotatable bonds is 5. The minimum atomic E-state index is -3.27. The Morgan fingerprint density at radius 2 is 1.83 bits per heavy atom. The normalized spacial score (nSPS) is 16.2. The molecule has 9 heteroatoms. The Balaban J connectivity index is 1.53. The molecule has 0 bridgehead atoms. The van der Waals surface area contributed by atoms with Gasteiger partial charge in [0.1, 0.15) is 17.3 Å². The van der Waals surface area contributed by atoms with Gasteiger partial charge in [-0.15, -0.1) is 0 Å². The van der Waals surface area contributed by atoms with Crippen LogP contribution >= 0.6 is 11.8 Å². The average molecular weight is 429 g/mol. The number of hydrogen-bond donors (Lipinski definition) is 0. The predicted octanol–water partition coefficient (Wildman–Crippen LogP) is 4.18. The smallest absolute Gasteiger partial charge is 0.293 e. The van der Waals surface area contributed by atoms with Gasteiger partial charge in [-0.1, -0.05) is 0 Å². The molecule has 148 valence electrons. The quantitative estimate of drug-likeness (QED) is 0.561. The number of amides is 2. The van der Waals surface area contributed by atoms with Crippen LogP contribution in [0.15, 0.2) is 73.4 Å². The highest BCUT2D eigenvalue weighted by molar-refractivity contribution is 8.18. The number of imide groups is 1. The maximum Gasteiger partial charge on any atom is 0.293 e. The molecule has 2 aromatic heterocycles. The van der Waals surface area contributed by atoms with Crippen LogP contribution in [0.3, 0.4) is 0 Å². The van der Waals surface area contributed by atoms with Crippen molar-refractivity contribution in [3.05, 3.63) is 71.2 Å². The molecule has 1 fully saturated rings. The third kappa shape index (κ3) is 4.06. The fourth-order valence-corrected chi connectivity index (χ4v) is 4.22. The van der Waals surface area contributed by atoms with E-state index in [0.717, 1.165) is 22.9 Å². The van der Waals surface area contributed by atoms with Crippen molar-refractivity contribution in [2.75, 3.05) is 6.26 Å². The lowest BCUT2D eigenvalue weighted by molar-refractivity contribution is -0.123. The summed E-state index contributed by atoms with van der Waals surface area (Å²) in [5, 5.41) is -0.374. The van der Waals surface area contributed by atoms with Gasteiger partial charge in [0.15, 0.2) is 9.84 Å². The third-order valence-electron chi connectivity index (χ3n) is 4.23. The Labute approximate surface area is 170 Å². The first-order valence-electron chi connectivity index (χ1n) is 8.49. The zero-order valence-electron chi connectivity index (χ0n) is 15.2. The van der Waals surface area contributed by atoms with Gasteiger partial charge < -0.3 is 8.83 Å². The molecule has 1 saturated heterocycles. The topological polar surface area (TPSA) is 97.8 Å². The molecule has 0 N–H and O–H groups in total. The second-order valence-corrected chi connectivity index (χ2v) is 9.35. The summed E-state index contributed by atoms with van der Waals surface area (Å²) < 4.78 is 34.1. The SMILES string of the molecule is CS(=O)(=O)c1ccc(-c2ccc(C=C3SC(=O)N(Cc4ccco4)C3=O)o2)cc1. The Hall–Kier alpha value is -3.04. The van der Waals surface area contributed by atoms with E-state index in [1.165, 1.54) is 24.5 Å². The number of hydrogen-bond acceptors (Lipinski definition) is 7. The molecule has 0 spiro atoms. The van der Waals surface area contributed by atoms with Crippen molar-refractivity contribution >= 4 is 38.8 Å². The Kier molecular flexibility index (Phi) is 4.93. The maximum absolute atomic E-state index is 12.5. The van der Waals surface area contributed by atoms with E-state index in [2.05, 4.69) is 0 Å². The first-order chi connectivity index (χ1) is 13.8. The van der Waals surface area contributed by atoms with Crippen LogP contribution in [0.2, 0.25) is 0 Å². The Bertz CT molecular complexity index is 1200. The van der Waals surface area contributed by atoms with E-state index in [9.17, 15) is 18.0 Å². The highest BCUT2D eigenvalue weighted by atomic mass is 32.2. The molecule has 2 amide bonds. The molecule has 3 aromatic rings. The molecule has 29 heavy (non-hydrogen) atoms. The van der Waals surface area contributed by atoms with Crippen molar-refractivity contribution < 1.29 is 26.8 Å². The van der Waals surface area contributed by atoms with Gasteiger partial charge >= 0.3 is 0 Å². The van der Waals surface area contributed by atoms with Crippen LogP contribution in [0.1, 0.15) is 11.5 Å². The monoisotopic (exact) mass is 429 g/mol. The van der Waals surface area contributed by atoms with Gasteiger partial charge in [-0.05, 0) is 60.3 Å². The summed E-state index contributed by atoms with van der Waals surface area (Å²) in [7, 11) is -3.27. The van der Waals surface area contributed by atoms with Crippen LogP contribution in [0.5, 0.6) is 0 Å². The summed E-state index contributed by atoms with van der Waals surface area (Å²) in [5.74, 6) is 1.04. The average Bonchev–Trinajstić information content (AvgIpc) is 3.40. The van der Waals surface area contributed by atoms with E-state index in [0.29, 0.717) is 22.8 Å². The predicted molar refractivity (Wildman–Crippen MR) is 107 cm³/mol. The molecule has 7 nitrogen and oxygen atoms in total. The van der Waals surface area contributed by atoms with Gasteiger partial charge in [0.25, 0.3) is 11.1 Å². The van der Waals surface area contributed by atoms with Gasteiger partial charge in [-0.2, -0.15) is 0 Å². The summed E-state index contributed by atoms with van der Waals surface area (Å²) in [6.07, 6.45) is 4.14. The van der Waals surface area contributed by atoms with E-state index in [1.807, 2.05) is 0 Å². The summed E-state index contributed by atoms with van der Waals surface area (Å²) >= 11 is 0.838. The van der Waals surface area contributed by atoms with Crippen molar-refractivity contribution in [1.29, 1.82) is 0 Å². The molecule has 1 aliphatic heterocycles. The molecule has 4 rings (SSSR count). The molecule has 0 radical (unpaired) electrons. The Morgan fingerprint density at radius 1 is 1.07 bits per heavy atom. The van der Waals surface area contributed by atoms with E-state index < -0.39 is 15.7 Å². The number of sulfone groups is 1. The standard InChI is InChI=1S/C20H15NO6S2/c1-29(24,25)16-7-4-13(5-8-16)17-9-6-14(27-17)11-18-19(22)21(20(23)28-18)12-15-3-2-10-26-15/h2-11H,12H2,1H3. The number of carbonyl (C=O) groups excluding carboxylic acids is 2. The van der Waals surface area contributed by atoms with E-state index in [1.54, 1.807) is 36.4 Å². The minimum absolute atomic E-state index is 0.0745. The van der Waals surface area contributed by atoms with Gasteiger partial charge in [0.05, 0.1) is 22.6 Å². The summed E-state index contributed by atoms with van der Waals surface area (Å²) in [5.41, 5.74) is 0.697. The van der Waals surface area contributed by atoms with Crippen molar-refractivity contribution in [2.24, 2.45) is 0 Å². The molecule has 0 atom stereocenters. The largest absolute Gasteiger partial charge is 0.467 e. The van der Waals surface area contributed by atoms with E-state index in [4.69, 9.17) is 8.83 Å². The zero-order valence-corrected chi connectivity index (χ0v) is 16.8. The fraction of sp³-hybridized carbons (Fsp3) is 0.100. The number of furan rings is 2. The molecule has 0 unspecified atom stereocenters. The fourth-order valence-electron chi connectivity index (χ4n) is 2.78. The molecular formula is C20H15NO6S2. The van der Waals surface area contributed by atoms with Crippen LogP contribution in [0.25, 0.3) is 17.4 Å². The lowest BCUT2D eigenvalue weighted by Crippen LogP contribution is -2.27. The molecule has 1 aromatic carbocycles. The molecule has 0 saturated carbocycles. The lowest BCUT2D eigenvalue weighted by atomic mass is 10.2. The first-order valence-corrected chi connectivity index (χ1v) is 11.2. The van der Waals surface area contributed by atoms with Crippen LogP contribution in [0, 0.1) is 0 Å². The van der Waals surface area contributed by atoms with Crippen LogP contribution in [-0.2, 0) is 21.2 Å². The summed E-state index contributed by atoms with van der Waals surface area (Å²) in [6, 6.07) is 13.1.